The van der Waals surface area contributed by atoms with Crippen molar-refractivity contribution < 1.29 is 0 Å². The highest BCUT2D eigenvalue weighted by molar-refractivity contribution is 5.83. The Morgan fingerprint density at radius 1 is 1.05 bits per heavy atom. The number of fused-ring (bicyclic) bond motifs is 2. The van der Waals surface area contributed by atoms with Crippen LogP contribution in [-0.2, 0) is 12.8 Å². The van der Waals surface area contributed by atoms with Gasteiger partial charge in [0.05, 0.1) is 6.04 Å². The highest BCUT2D eigenvalue weighted by atomic mass is 14.8. The van der Waals surface area contributed by atoms with Crippen molar-refractivity contribution in [1.82, 2.24) is 4.98 Å². The Morgan fingerprint density at radius 2 is 1.90 bits per heavy atom. The van der Waals surface area contributed by atoms with Crippen molar-refractivity contribution in [3.63, 3.8) is 0 Å². The Labute approximate surface area is 118 Å². The fourth-order valence-electron chi connectivity index (χ4n) is 2.96. The summed E-state index contributed by atoms with van der Waals surface area (Å²) in [5, 5.41) is 1.28. The molecule has 2 nitrogen and oxygen atoms in total. The van der Waals surface area contributed by atoms with Crippen molar-refractivity contribution in [2.45, 2.75) is 18.9 Å². The first-order valence-electron chi connectivity index (χ1n) is 7.06. The zero-order valence-corrected chi connectivity index (χ0v) is 11.2. The Bertz CT molecular complexity index is 750. The van der Waals surface area contributed by atoms with Crippen molar-refractivity contribution in [3.8, 4) is 0 Å². The quantitative estimate of drug-likeness (QED) is 0.727. The molecule has 1 aliphatic rings. The molecule has 4 rings (SSSR count). The van der Waals surface area contributed by atoms with Gasteiger partial charge < -0.3 is 4.98 Å². The maximum atomic E-state index is 4.69. The summed E-state index contributed by atoms with van der Waals surface area (Å²) >= 11 is 0. The maximum Gasteiger partial charge on any atom is 0.0594 e. The van der Waals surface area contributed by atoms with E-state index in [1.807, 2.05) is 6.21 Å². The number of nitrogens with zero attached hydrogens (tertiary/aromatic N) is 1. The van der Waals surface area contributed by atoms with E-state index in [1.54, 1.807) is 0 Å². The largest absolute Gasteiger partial charge is 0.358 e. The summed E-state index contributed by atoms with van der Waals surface area (Å²) in [4.78, 5) is 8.18. The number of aromatic amines is 1. The molecule has 0 radical (unpaired) electrons. The molecule has 20 heavy (non-hydrogen) atoms. The molecular formula is C18H16N2. The van der Waals surface area contributed by atoms with Gasteiger partial charge in [0.15, 0.2) is 0 Å². The molecule has 98 valence electrons. The Kier molecular flexibility index (Phi) is 2.66. The lowest BCUT2D eigenvalue weighted by molar-refractivity contribution is 0.654. The van der Waals surface area contributed by atoms with E-state index in [9.17, 15) is 0 Å². The normalized spacial score (nSPS) is 17.3. The van der Waals surface area contributed by atoms with Crippen LogP contribution in [0.25, 0.3) is 10.9 Å². The molecule has 0 fully saturated rings. The molecule has 1 unspecified atom stereocenters. The molecule has 3 aromatic rings. The first-order valence-corrected chi connectivity index (χ1v) is 7.06. The molecule has 0 bridgehead atoms. The minimum Gasteiger partial charge on any atom is -0.358 e. The van der Waals surface area contributed by atoms with Gasteiger partial charge in [-0.3, -0.25) is 4.99 Å². The third-order valence-corrected chi connectivity index (χ3v) is 3.98. The molecule has 0 saturated carbocycles. The highest BCUT2D eigenvalue weighted by Gasteiger charge is 2.15. The van der Waals surface area contributed by atoms with Gasteiger partial charge in [-0.1, -0.05) is 42.5 Å². The van der Waals surface area contributed by atoms with Crippen LogP contribution in [-0.4, -0.2) is 17.2 Å². The number of nitrogens with one attached hydrogen (secondary N) is 1. The SMILES string of the molecule is C1=NC(Cc2cc3ccccc3[nH]2)Cc2ccccc21. The summed E-state index contributed by atoms with van der Waals surface area (Å²) in [6.45, 7) is 0. The molecule has 1 atom stereocenters. The second-order valence-corrected chi connectivity index (χ2v) is 5.42. The topological polar surface area (TPSA) is 28.1 Å². The summed E-state index contributed by atoms with van der Waals surface area (Å²) in [6, 6.07) is 19.5. The first kappa shape index (κ1) is 11.5. The molecule has 1 aromatic heterocycles. The minimum atomic E-state index is 0.345. The van der Waals surface area contributed by atoms with Crippen molar-refractivity contribution in [1.29, 1.82) is 0 Å². The standard InChI is InChI=1S/C18H16N2/c1-2-7-15-12-19-16(9-13(15)5-1)11-17-10-14-6-3-4-8-18(14)20-17/h1-8,10,12,16,20H,9,11H2. The van der Waals surface area contributed by atoms with Crippen LogP contribution in [0.15, 0.2) is 59.6 Å². The molecule has 0 spiro atoms. The number of benzene rings is 2. The van der Waals surface area contributed by atoms with Gasteiger partial charge in [0.25, 0.3) is 0 Å². The van der Waals surface area contributed by atoms with Crippen molar-refractivity contribution in [3.05, 3.63) is 71.4 Å². The van der Waals surface area contributed by atoms with Gasteiger partial charge in [0.2, 0.25) is 0 Å². The number of aliphatic imine (C=N–C) groups is 1. The van der Waals surface area contributed by atoms with Crippen LogP contribution in [0.5, 0.6) is 0 Å². The van der Waals surface area contributed by atoms with E-state index in [0.29, 0.717) is 6.04 Å². The van der Waals surface area contributed by atoms with E-state index in [0.717, 1.165) is 12.8 Å². The lowest BCUT2D eigenvalue weighted by Gasteiger charge is -2.18. The van der Waals surface area contributed by atoms with Crippen molar-refractivity contribution >= 4 is 17.1 Å². The van der Waals surface area contributed by atoms with E-state index >= 15 is 0 Å². The predicted molar refractivity (Wildman–Crippen MR) is 83.5 cm³/mol. The number of rotatable bonds is 2. The molecule has 0 saturated heterocycles. The molecule has 0 amide bonds. The van der Waals surface area contributed by atoms with Gasteiger partial charge in [-0.2, -0.15) is 0 Å². The zero-order chi connectivity index (χ0) is 13.4. The molecule has 2 aromatic carbocycles. The number of para-hydroxylation sites is 1. The number of hydrogen-bond donors (Lipinski definition) is 1. The van der Waals surface area contributed by atoms with E-state index in [-0.39, 0.29) is 0 Å². The van der Waals surface area contributed by atoms with Crippen LogP contribution in [0.3, 0.4) is 0 Å². The van der Waals surface area contributed by atoms with Crippen molar-refractivity contribution in [2.24, 2.45) is 4.99 Å². The fourth-order valence-corrected chi connectivity index (χ4v) is 2.96. The number of hydrogen-bond acceptors (Lipinski definition) is 1. The summed E-state index contributed by atoms with van der Waals surface area (Å²) in [5.74, 6) is 0. The Morgan fingerprint density at radius 3 is 2.85 bits per heavy atom. The monoisotopic (exact) mass is 260 g/mol. The molecule has 2 heteroatoms. The lowest BCUT2D eigenvalue weighted by Crippen LogP contribution is -2.18. The Balaban J connectivity index is 1.58. The van der Waals surface area contributed by atoms with Gasteiger partial charge in [0, 0.05) is 23.8 Å². The molecular weight excluding hydrogens is 244 g/mol. The summed E-state index contributed by atoms with van der Waals surface area (Å²) in [5.41, 5.74) is 5.15. The highest BCUT2D eigenvalue weighted by Crippen LogP contribution is 2.21. The van der Waals surface area contributed by atoms with Gasteiger partial charge >= 0.3 is 0 Å². The van der Waals surface area contributed by atoms with E-state index < -0.39 is 0 Å². The molecule has 1 N–H and O–H groups in total. The minimum absolute atomic E-state index is 0.345. The van der Waals surface area contributed by atoms with Crippen LogP contribution < -0.4 is 0 Å². The van der Waals surface area contributed by atoms with E-state index in [1.165, 1.54) is 27.7 Å². The number of aromatic nitrogens is 1. The first-order chi connectivity index (χ1) is 9.88. The van der Waals surface area contributed by atoms with E-state index in [2.05, 4.69) is 59.6 Å². The summed E-state index contributed by atoms with van der Waals surface area (Å²) in [6.07, 6.45) is 4.02. The molecule has 2 heterocycles. The average molecular weight is 260 g/mol. The van der Waals surface area contributed by atoms with Crippen LogP contribution in [0.1, 0.15) is 16.8 Å². The second-order valence-electron chi connectivity index (χ2n) is 5.42. The molecule has 1 aliphatic heterocycles. The zero-order valence-electron chi connectivity index (χ0n) is 11.2. The maximum absolute atomic E-state index is 4.69. The lowest BCUT2D eigenvalue weighted by atomic mass is 9.96. The number of H-pyrrole nitrogens is 1. The van der Waals surface area contributed by atoms with Crippen molar-refractivity contribution in [2.75, 3.05) is 0 Å². The van der Waals surface area contributed by atoms with Crippen LogP contribution in [0, 0.1) is 0 Å². The van der Waals surface area contributed by atoms with Crippen LogP contribution >= 0.6 is 0 Å². The summed E-state index contributed by atoms with van der Waals surface area (Å²) < 4.78 is 0. The van der Waals surface area contributed by atoms with E-state index in [4.69, 9.17) is 4.99 Å². The predicted octanol–water partition coefficient (Wildman–Crippen LogP) is 3.75. The second kappa shape index (κ2) is 4.64. The van der Waals surface area contributed by atoms with Crippen LogP contribution in [0.2, 0.25) is 0 Å². The smallest absolute Gasteiger partial charge is 0.0594 e. The van der Waals surface area contributed by atoms with Crippen LogP contribution in [0.4, 0.5) is 0 Å². The average Bonchev–Trinajstić information content (AvgIpc) is 2.89. The van der Waals surface area contributed by atoms with Gasteiger partial charge in [-0.05, 0) is 35.1 Å². The third kappa shape index (κ3) is 2.03. The van der Waals surface area contributed by atoms with Gasteiger partial charge in [0.1, 0.15) is 0 Å². The van der Waals surface area contributed by atoms with Gasteiger partial charge in [-0.25, -0.2) is 0 Å². The fraction of sp³-hybridized carbons (Fsp3) is 0.167. The molecule has 0 aliphatic carbocycles. The third-order valence-electron chi connectivity index (χ3n) is 3.98. The van der Waals surface area contributed by atoms with Gasteiger partial charge in [-0.15, -0.1) is 0 Å². The summed E-state index contributed by atoms with van der Waals surface area (Å²) in [7, 11) is 0. The Hall–Kier alpha value is -2.35.